The highest BCUT2D eigenvalue weighted by atomic mass is 31.1. The quantitative estimate of drug-likeness (QED) is 0.0800. The van der Waals surface area contributed by atoms with Crippen molar-refractivity contribution in [2.24, 2.45) is 0 Å². The van der Waals surface area contributed by atoms with Crippen LogP contribution in [0.3, 0.4) is 0 Å². The second-order valence-corrected chi connectivity index (χ2v) is 8.94. The molecule has 0 heterocycles. The molecular formula is C30H31O6P. The Morgan fingerprint density at radius 1 is 0.865 bits per heavy atom. The monoisotopic (exact) mass is 518 g/mol. The van der Waals surface area contributed by atoms with Crippen LogP contribution in [0.15, 0.2) is 97.8 Å². The van der Waals surface area contributed by atoms with Gasteiger partial charge in [-0.25, -0.2) is 0 Å². The van der Waals surface area contributed by atoms with Gasteiger partial charge in [-0.15, -0.1) is 0 Å². The van der Waals surface area contributed by atoms with Crippen molar-refractivity contribution >= 4 is 25.3 Å². The van der Waals surface area contributed by atoms with Crippen molar-refractivity contribution in [1.82, 2.24) is 0 Å². The van der Waals surface area contributed by atoms with Gasteiger partial charge in [0.25, 0.3) is 0 Å². The molecule has 0 bridgehead atoms. The fraction of sp³-hybridized carbons (Fsp3) is 0.200. The number of carbonyl (C=O) groups excluding carboxylic acids is 1. The van der Waals surface area contributed by atoms with Gasteiger partial charge in [-0.05, 0) is 41.0 Å². The van der Waals surface area contributed by atoms with E-state index in [-0.39, 0.29) is 12.4 Å². The number of methoxy groups -OCH3 is 1. The van der Waals surface area contributed by atoms with Crippen molar-refractivity contribution < 1.29 is 28.3 Å². The first-order valence-electron chi connectivity index (χ1n) is 11.7. The minimum absolute atomic E-state index is 0.109. The highest BCUT2D eigenvalue weighted by molar-refractivity contribution is 7.36. The van der Waals surface area contributed by atoms with Crippen molar-refractivity contribution in [3.63, 3.8) is 0 Å². The molecule has 0 amide bonds. The first kappa shape index (κ1) is 27.7. The Hall–Kier alpha value is -3.86. The normalized spacial score (nSPS) is 11.5. The summed E-state index contributed by atoms with van der Waals surface area (Å²) in [5, 5.41) is 1.05. The minimum atomic E-state index is -0.339. The molecular weight excluding hydrogens is 487 g/mol. The van der Waals surface area contributed by atoms with Crippen LogP contribution >= 0.6 is 8.43 Å². The van der Waals surface area contributed by atoms with Crippen molar-refractivity contribution in [2.75, 3.05) is 27.4 Å². The summed E-state index contributed by atoms with van der Waals surface area (Å²) in [5.41, 5.74) is 3.68. The summed E-state index contributed by atoms with van der Waals surface area (Å²) >= 11 is 0. The van der Waals surface area contributed by atoms with E-state index in [0.29, 0.717) is 31.1 Å². The topological polar surface area (TPSA) is 63.2 Å². The van der Waals surface area contributed by atoms with E-state index < -0.39 is 0 Å². The predicted molar refractivity (Wildman–Crippen MR) is 148 cm³/mol. The molecule has 192 valence electrons. The fourth-order valence-electron chi connectivity index (χ4n) is 3.32. The molecule has 0 saturated carbocycles. The third-order valence-corrected chi connectivity index (χ3v) is 6.03. The summed E-state index contributed by atoms with van der Waals surface area (Å²) in [6, 6.07) is 25.4. The van der Waals surface area contributed by atoms with Crippen LogP contribution in [0.2, 0.25) is 0 Å². The molecule has 3 rings (SSSR count). The van der Waals surface area contributed by atoms with Crippen molar-refractivity contribution in [3.05, 3.63) is 114 Å². The maximum absolute atomic E-state index is 11.8. The number of hydrogen-bond donors (Lipinski definition) is 0. The van der Waals surface area contributed by atoms with E-state index >= 15 is 0 Å². The summed E-state index contributed by atoms with van der Waals surface area (Å²) in [6.07, 6.45) is 3.31. The molecule has 0 aromatic heterocycles. The number of hydrogen-bond acceptors (Lipinski definition) is 6. The molecule has 0 radical (unpaired) electrons. The number of ether oxygens (including phenoxy) is 4. The lowest BCUT2D eigenvalue weighted by Gasteiger charge is -2.11. The second-order valence-electron chi connectivity index (χ2n) is 7.85. The lowest BCUT2D eigenvalue weighted by Crippen LogP contribution is -2.11. The molecule has 0 aliphatic heterocycles. The van der Waals surface area contributed by atoms with Crippen LogP contribution in [-0.2, 0) is 25.4 Å². The molecule has 37 heavy (non-hydrogen) atoms. The summed E-state index contributed by atoms with van der Waals surface area (Å²) in [5.74, 6) is 1.15. The fourth-order valence-corrected chi connectivity index (χ4v) is 3.92. The Labute approximate surface area is 220 Å². The molecule has 7 heteroatoms. The van der Waals surface area contributed by atoms with Crippen LogP contribution in [0.1, 0.15) is 23.1 Å². The molecule has 0 unspecified atom stereocenters. The maximum Gasteiger partial charge on any atom is 0.310 e. The van der Waals surface area contributed by atoms with Gasteiger partial charge in [0, 0.05) is 18.0 Å². The molecule has 0 spiro atoms. The highest BCUT2D eigenvalue weighted by Gasteiger charge is 2.10. The standard InChI is InChI=1S/C30H31O6P/c1-4-18-34-21-26(19-30(31)32-2)24-12-16-28(17-13-24)35-20-23-10-14-27(15-11-23)36-22-29(37-33-3)25-8-6-5-7-9-25/h4-17,21H,1,18-20,22H2,2-3H3/b26-21-. The van der Waals surface area contributed by atoms with Crippen molar-refractivity contribution in [2.45, 2.75) is 13.0 Å². The van der Waals surface area contributed by atoms with Gasteiger partial charge >= 0.3 is 5.97 Å². The van der Waals surface area contributed by atoms with Crippen LogP contribution in [0, 0.1) is 0 Å². The summed E-state index contributed by atoms with van der Waals surface area (Å²) in [7, 11) is 3.81. The molecule has 0 N–H and O–H groups in total. The number of rotatable bonds is 14. The zero-order valence-electron chi connectivity index (χ0n) is 21.1. The average molecular weight is 519 g/mol. The largest absolute Gasteiger partial charge is 0.497 e. The van der Waals surface area contributed by atoms with E-state index in [2.05, 4.69) is 6.58 Å². The predicted octanol–water partition coefficient (Wildman–Crippen LogP) is 6.48. The first-order valence-corrected chi connectivity index (χ1v) is 12.5. The van der Waals surface area contributed by atoms with Crippen molar-refractivity contribution in [1.29, 1.82) is 0 Å². The molecule has 0 aliphatic rings. The van der Waals surface area contributed by atoms with Gasteiger partial charge in [0.2, 0.25) is 0 Å². The van der Waals surface area contributed by atoms with Gasteiger partial charge < -0.3 is 23.5 Å². The van der Waals surface area contributed by atoms with Gasteiger partial charge in [-0.3, -0.25) is 4.79 Å². The SMILES string of the molecule is C=CCO/C=C(/CC(=O)OC)c1ccc(OCc2ccc(OCC(=POC)c3ccccc3)cc2)cc1. The van der Waals surface area contributed by atoms with Crippen LogP contribution < -0.4 is 9.47 Å². The van der Waals surface area contributed by atoms with Crippen LogP contribution in [0.5, 0.6) is 11.5 Å². The zero-order valence-corrected chi connectivity index (χ0v) is 22.0. The Morgan fingerprint density at radius 3 is 2.19 bits per heavy atom. The van der Waals surface area contributed by atoms with Gasteiger partial charge in [0.05, 0.1) is 28.2 Å². The highest BCUT2D eigenvalue weighted by Crippen LogP contribution is 2.23. The second kappa shape index (κ2) is 15.3. The first-order chi connectivity index (χ1) is 18.1. The Bertz CT molecular complexity index is 1190. The lowest BCUT2D eigenvalue weighted by atomic mass is 10.0. The van der Waals surface area contributed by atoms with Gasteiger partial charge in [-0.2, -0.15) is 0 Å². The Morgan fingerprint density at radius 2 is 1.54 bits per heavy atom. The number of benzene rings is 3. The zero-order chi connectivity index (χ0) is 26.3. The van der Waals surface area contributed by atoms with E-state index in [9.17, 15) is 4.79 Å². The van der Waals surface area contributed by atoms with E-state index in [1.165, 1.54) is 7.11 Å². The number of esters is 1. The van der Waals surface area contributed by atoms with E-state index in [1.807, 2.05) is 78.9 Å². The molecule has 3 aromatic carbocycles. The molecule has 0 aliphatic carbocycles. The van der Waals surface area contributed by atoms with Gasteiger partial charge in [0.1, 0.15) is 31.3 Å². The summed E-state index contributed by atoms with van der Waals surface area (Å²) in [4.78, 5) is 11.8. The Balaban J connectivity index is 1.55. The summed E-state index contributed by atoms with van der Waals surface area (Å²) in [6.45, 7) is 4.83. The van der Waals surface area contributed by atoms with E-state index in [1.54, 1.807) is 19.4 Å². The molecule has 0 atom stereocenters. The third kappa shape index (κ3) is 9.26. The van der Waals surface area contributed by atoms with Crippen LogP contribution in [0.25, 0.3) is 5.57 Å². The van der Waals surface area contributed by atoms with E-state index in [0.717, 1.165) is 36.2 Å². The number of carbonyl (C=O) groups is 1. The smallest absolute Gasteiger partial charge is 0.310 e. The third-order valence-electron chi connectivity index (χ3n) is 5.24. The van der Waals surface area contributed by atoms with Gasteiger partial charge in [-0.1, -0.05) is 67.3 Å². The molecule has 3 aromatic rings. The van der Waals surface area contributed by atoms with Gasteiger partial charge in [0.15, 0.2) is 0 Å². The maximum atomic E-state index is 11.8. The molecule has 0 saturated heterocycles. The molecule has 6 nitrogen and oxygen atoms in total. The summed E-state index contributed by atoms with van der Waals surface area (Å²) < 4.78 is 27.4. The minimum Gasteiger partial charge on any atom is -0.497 e. The Kier molecular flexibility index (Phi) is 11.5. The van der Waals surface area contributed by atoms with E-state index in [4.69, 9.17) is 23.5 Å². The average Bonchev–Trinajstić information content (AvgIpc) is 2.95. The van der Waals surface area contributed by atoms with Crippen LogP contribution in [0.4, 0.5) is 0 Å². The van der Waals surface area contributed by atoms with Crippen molar-refractivity contribution in [3.8, 4) is 11.5 Å². The lowest BCUT2D eigenvalue weighted by molar-refractivity contribution is -0.139. The van der Waals surface area contributed by atoms with Crippen LogP contribution in [-0.4, -0.2) is 38.7 Å². The molecule has 0 fully saturated rings.